The van der Waals surface area contributed by atoms with Crippen LogP contribution in [-0.2, 0) is 4.79 Å². The van der Waals surface area contributed by atoms with Gasteiger partial charge in [0.15, 0.2) is 16.7 Å². The predicted octanol–water partition coefficient (Wildman–Crippen LogP) is 3.79. The van der Waals surface area contributed by atoms with Crippen molar-refractivity contribution in [1.82, 2.24) is 19.4 Å². The zero-order valence-corrected chi connectivity index (χ0v) is 16.9. The Kier molecular flexibility index (Phi) is 5.62. The Balaban J connectivity index is 1.45. The van der Waals surface area contributed by atoms with E-state index in [9.17, 15) is 18.4 Å². The van der Waals surface area contributed by atoms with Gasteiger partial charge in [0.25, 0.3) is 5.91 Å². The Morgan fingerprint density at radius 1 is 1.40 bits per heavy atom. The van der Waals surface area contributed by atoms with E-state index in [1.807, 2.05) is 0 Å². The second kappa shape index (κ2) is 8.34. The molecule has 4 rings (SSSR count). The number of carbonyl (C=O) groups excluding carboxylic acids is 2. The van der Waals surface area contributed by atoms with E-state index in [1.54, 1.807) is 24.0 Å². The second-order valence-corrected chi connectivity index (χ2v) is 7.93. The van der Waals surface area contributed by atoms with Crippen molar-refractivity contribution in [2.75, 3.05) is 18.4 Å². The smallest absolute Gasteiger partial charge is 0.320 e. The first-order valence-electron chi connectivity index (χ1n) is 9.36. The SMILES string of the molecule is Cc1nc(NC(=O)[C@@H]2CCCN(C(=O)c3ccco3)C2)sc1-c1nccn1C(F)F. The molecule has 1 N–H and O–H groups in total. The number of imidazole rings is 1. The molecule has 8 nitrogen and oxygen atoms in total. The highest BCUT2D eigenvalue weighted by Gasteiger charge is 2.30. The molecule has 3 aromatic rings. The molecule has 1 saturated heterocycles. The molecule has 0 spiro atoms. The van der Waals surface area contributed by atoms with Crippen LogP contribution in [0.25, 0.3) is 10.7 Å². The lowest BCUT2D eigenvalue weighted by Gasteiger charge is -2.31. The molecule has 11 heteroatoms. The van der Waals surface area contributed by atoms with Gasteiger partial charge in [-0.15, -0.1) is 0 Å². The van der Waals surface area contributed by atoms with Crippen LogP contribution in [0.3, 0.4) is 0 Å². The van der Waals surface area contributed by atoms with Crippen LogP contribution >= 0.6 is 11.3 Å². The van der Waals surface area contributed by atoms with Gasteiger partial charge in [0.05, 0.1) is 22.8 Å². The summed E-state index contributed by atoms with van der Waals surface area (Å²) < 4.78 is 32.2. The van der Waals surface area contributed by atoms with Gasteiger partial charge >= 0.3 is 6.55 Å². The number of nitrogens with one attached hydrogen (secondary N) is 1. The summed E-state index contributed by atoms with van der Waals surface area (Å²) in [6.45, 7) is -0.212. The first-order chi connectivity index (χ1) is 14.4. The van der Waals surface area contributed by atoms with E-state index in [0.29, 0.717) is 35.1 Å². The fourth-order valence-corrected chi connectivity index (χ4v) is 4.41. The van der Waals surface area contributed by atoms with Crippen LogP contribution in [0.2, 0.25) is 0 Å². The summed E-state index contributed by atoms with van der Waals surface area (Å²) in [6.07, 6.45) is 5.26. The molecule has 1 aliphatic rings. The summed E-state index contributed by atoms with van der Waals surface area (Å²) >= 11 is 1.09. The Bertz CT molecular complexity index is 1050. The van der Waals surface area contributed by atoms with Gasteiger partial charge in [0, 0.05) is 25.5 Å². The van der Waals surface area contributed by atoms with Gasteiger partial charge in [-0.3, -0.25) is 14.2 Å². The van der Waals surface area contributed by atoms with Crippen molar-refractivity contribution in [2.45, 2.75) is 26.3 Å². The number of aryl methyl sites for hydroxylation is 1. The van der Waals surface area contributed by atoms with Gasteiger partial charge in [0.1, 0.15) is 0 Å². The highest BCUT2D eigenvalue weighted by atomic mass is 32.1. The normalized spacial score (nSPS) is 16.8. The van der Waals surface area contributed by atoms with Gasteiger partial charge in [-0.05, 0) is 31.9 Å². The number of rotatable bonds is 5. The van der Waals surface area contributed by atoms with Crippen LogP contribution in [0, 0.1) is 12.8 Å². The van der Waals surface area contributed by atoms with Crippen molar-refractivity contribution in [3.05, 3.63) is 42.2 Å². The number of alkyl halides is 2. The third-order valence-corrected chi connectivity index (χ3v) is 5.99. The van der Waals surface area contributed by atoms with E-state index in [2.05, 4.69) is 15.3 Å². The number of furan rings is 1. The van der Waals surface area contributed by atoms with Crippen LogP contribution in [0.5, 0.6) is 0 Å². The molecule has 1 atom stereocenters. The van der Waals surface area contributed by atoms with Crippen LogP contribution in [0.1, 0.15) is 35.6 Å². The number of hydrogen-bond donors (Lipinski definition) is 1. The lowest BCUT2D eigenvalue weighted by molar-refractivity contribution is -0.121. The molecule has 0 radical (unpaired) electrons. The summed E-state index contributed by atoms with van der Waals surface area (Å²) in [4.78, 5) is 35.6. The largest absolute Gasteiger partial charge is 0.459 e. The molecule has 0 aromatic carbocycles. The minimum atomic E-state index is -2.72. The van der Waals surface area contributed by atoms with Gasteiger partial charge in [0.2, 0.25) is 5.91 Å². The summed E-state index contributed by atoms with van der Waals surface area (Å²) in [6, 6.07) is 3.23. The van der Waals surface area contributed by atoms with Crippen molar-refractivity contribution in [2.24, 2.45) is 5.92 Å². The fraction of sp³-hybridized carbons (Fsp3) is 0.368. The minimum Gasteiger partial charge on any atom is -0.459 e. The maximum absolute atomic E-state index is 13.1. The molecule has 2 amide bonds. The number of hydrogen-bond acceptors (Lipinski definition) is 6. The lowest BCUT2D eigenvalue weighted by Crippen LogP contribution is -2.43. The highest BCUT2D eigenvalue weighted by molar-refractivity contribution is 7.19. The molecule has 0 unspecified atom stereocenters. The molecule has 4 heterocycles. The van der Waals surface area contributed by atoms with Crippen molar-refractivity contribution in [3.63, 3.8) is 0 Å². The van der Waals surface area contributed by atoms with Crippen molar-refractivity contribution < 1.29 is 22.8 Å². The summed E-state index contributed by atoms with van der Waals surface area (Å²) in [5, 5.41) is 3.07. The van der Waals surface area contributed by atoms with E-state index >= 15 is 0 Å². The maximum atomic E-state index is 13.1. The Labute approximate surface area is 174 Å². The van der Waals surface area contributed by atoms with E-state index in [1.165, 1.54) is 18.7 Å². The lowest BCUT2D eigenvalue weighted by atomic mass is 9.97. The molecule has 0 saturated carbocycles. The number of aromatic nitrogens is 3. The minimum absolute atomic E-state index is 0.105. The molecular weight excluding hydrogens is 416 g/mol. The number of anilines is 1. The van der Waals surface area contributed by atoms with Crippen LogP contribution in [-0.4, -0.2) is 44.3 Å². The number of thiazole rings is 1. The molecule has 0 aliphatic carbocycles. The van der Waals surface area contributed by atoms with Crippen molar-refractivity contribution in [3.8, 4) is 10.7 Å². The number of likely N-dealkylation sites (tertiary alicyclic amines) is 1. The highest BCUT2D eigenvalue weighted by Crippen LogP contribution is 2.34. The van der Waals surface area contributed by atoms with Gasteiger partial charge in [-0.25, -0.2) is 9.97 Å². The quantitative estimate of drug-likeness (QED) is 0.658. The Morgan fingerprint density at radius 2 is 2.23 bits per heavy atom. The van der Waals surface area contributed by atoms with E-state index in [0.717, 1.165) is 15.9 Å². The number of nitrogens with zero attached hydrogens (tertiary/aromatic N) is 4. The Hall–Kier alpha value is -3.08. The fourth-order valence-electron chi connectivity index (χ4n) is 3.44. The first kappa shape index (κ1) is 20.2. The topological polar surface area (TPSA) is 93.3 Å². The third-order valence-electron chi connectivity index (χ3n) is 4.92. The zero-order valence-electron chi connectivity index (χ0n) is 16.0. The molecule has 1 aliphatic heterocycles. The Morgan fingerprint density at radius 3 is 2.97 bits per heavy atom. The number of amides is 2. The third kappa shape index (κ3) is 3.97. The summed E-state index contributed by atoms with van der Waals surface area (Å²) in [5.41, 5.74) is 0.502. The van der Waals surface area contributed by atoms with E-state index < -0.39 is 12.5 Å². The number of piperidine rings is 1. The first-order valence-corrected chi connectivity index (χ1v) is 10.2. The van der Waals surface area contributed by atoms with Crippen molar-refractivity contribution >= 4 is 28.3 Å². The average molecular weight is 435 g/mol. The second-order valence-electron chi connectivity index (χ2n) is 6.93. The molecule has 1 fully saturated rings. The predicted molar refractivity (Wildman–Crippen MR) is 105 cm³/mol. The van der Waals surface area contributed by atoms with E-state index in [4.69, 9.17) is 4.42 Å². The van der Waals surface area contributed by atoms with Gasteiger partial charge < -0.3 is 14.6 Å². The number of halogens is 2. The average Bonchev–Trinajstić information content (AvgIpc) is 3.48. The maximum Gasteiger partial charge on any atom is 0.320 e. The van der Waals surface area contributed by atoms with E-state index in [-0.39, 0.29) is 29.9 Å². The van der Waals surface area contributed by atoms with Crippen molar-refractivity contribution in [1.29, 1.82) is 0 Å². The molecule has 3 aromatic heterocycles. The summed E-state index contributed by atoms with van der Waals surface area (Å²) in [5.74, 6) is -0.555. The van der Waals surface area contributed by atoms with Crippen LogP contribution in [0.15, 0.2) is 35.2 Å². The number of carbonyl (C=O) groups is 2. The van der Waals surface area contributed by atoms with Gasteiger partial charge in [-0.1, -0.05) is 11.3 Å². The van der Waals surface area contributed by atoms with Crippen LogP contribution in [0.4, 0.5) is 13.9 Å². The van der Waals surface area contributed by atoms with Gasteiger partial charge in [-0.2, -0.15) is 8.78 Å². The zero-order chi connectivity index (χ0) is 21.3. The monoisotopic (exact) mass is 435 g/mol. The molecule has 0 bridgehead atoms. The standard InChI is InChI=1S/C19H19F2N5O3S/c1-11-14(15-22-6-8-26(15)18(20)21)30-19(23-11)24-16(27)12-4-2-7-25(10-12)17(28)13-5-3-9-29-13/h3,5-6,8-9,12,18H,2,4,7,10H2,1H3,(H,23,24,27)/t12-/m1/s1. The summed E-state index contributed by atoms with van der Waals surface area (Å²) in [7, 11) is 0. The van der Waals surface area contributed by atoms with Crippen LogP contribution < -0.4 is 5.32 Å². The molecular formula is C19H19F2N5O3S. The molecule has 30 heavy (non-hydrogen) atoms. The molecule has 158 valence electrons.